The van der Waals surface area contributed by atoms with Gasteiger partial charge < -0.3 is 4.74 Å². The number of ether oxygens (including phenoxy) is 1. The SMILES string of the molecule is CCCCC(CCC)N1CCCC2(COC2)C1. The van der Waals surface area contributed by atoms with E-state index >= 15 is 0 Å². The first-order valence-corrected chi connectivity index (χ1v) is 7.61. The van der Waals surface area contributed by atoms with Crippen LogP contribution in [-0.4, -0.2) is 37.2 Å². The standard InChI is InChI=1S/C15H29NO/c1-3-5-8-14(7-4-2)16-10-6-9-15(11-16)12-17-13-15/h14H,3-13H2,1-2H3. The largest absolute Gasteiger partial charge is 0.380 e. The Morgan fingerprint density at radius 2 is 2.00 bits per heavy atom. The molecular formula is C15H29NO. The molecule has 0 aromatic carbocycles. The quantitative estimate of drug-likeness (QED) is 0.704. The summed E-state index contributed by atoms with van der Waals surface area (Å²) in [5.41, 5.74) is 0.552. The highest BCUT2D eigenvalue weighted by Gasteiger charge is 2.43. The molecular weight excluding hydrogens is 210 g/mol. The Morgan fingerprint density at radius 3 is 2.59 bits per heavy atom. The summed E-state index contributed by atoms with van der Waals surface area (Å²) in [6.45, 7) is 9.31. The first kappa shape index (κ1) is 13.4. The van der Waals surface area contributed by atoms with E-state index in [1.165, 1.54) is 58.0 Å². The van der Waals surface area contributed by atoms with E-state index in [0.717, 1.165) is 19.3 Å². The van der Waals surface area contributed by atoms with Crippen LogP contribution in [0.15, 0.2) is 0 Å². The molecule has 2 saturated heterocycles. The average Bonchev–Trinajstić information content (AvgIpc) is 2.33. The van der Waals surface area contributed by atoms with Crippen LogP contribution in [0.5, 0.6) is 0 Å². The molecule has 100 valence electrons. The number of likely N-dealkylation sites (tertiary alicyclic amines) is 1. The third kappa shape index (κ3) is 3.23. The lowest BCUT2D eigenvalue weighted by Gasteiger charge is -2.50. The van der Waals surface area contributed by atoms with Crippen molar-refractivity contribution in [1.82, 2.24) is 4.90 Å². The fourth-order valence-electron chi connectivity index (χ4n) is 3.47. The predicted molar refractivity (Wildman–Crippen MR) is 72.3 cm³/mol. The van der Waals surface area contributed by atoms with Gasteiger partial charge in [-0.3, -0.25) is 4.90 Å². The highest BCUT2D eigenvalue weighted by molar-refractivity contribution is 4.93. The lowest BCUT2D eigenvalue weighted by atomic mass is 9.77. The van der Waals surface area contributed by atoms with Crippen molar-refractivity contribution in [3.05, 3.63) is 0 Å². The van der Waals surface area contributed by atoms with E-state index < -0.39 is 0 Å². The van der Waals surface area contributed by atoms with Crippen molar-refractivity contribution in [2.24, 2.45) is 5.41 Å². The molecule has 2 fully saturated rings. The van der Waals surface area contributed by atoms with Crippen LogP contribution in [-0.2, 0) is 4.74 Å². The van der Waals surface area contributed by atoms with Gasteiger partial charge in [0, 0.05) is 18.0 Å². The fraction of sp³-hybridized carbons (Fsp3) is 1.00. The molecule has 17 heavy (non-hydrogen) atoms. The number of hydrogen-bond acceptors (Lipinski definition) is 2. The van der Waals surface area contributed by atoms with Crippen LogP contribution in [0.25, 0.3) is 0 Å². The van der Waals surface area contributed by atoms with E-state index in [1.807, 2.05) is 0 Å². The second kappa shape index (κ2) is 6.19. The van der Waals surface area contributed by atoms with Gasteiger partial charge in [-0.25, -0.2) is 0 Å². The van der Waals surface area contributed by atoms with Crippen molar-refractivity contribution in [2.45, 2.75) is 64.8 Å². The minimum absolute atomic E-state index is 0.552. The molecule has 2 rings (SSSR count). The molecule has 2 nitrogen and oxygen atoms in total. The Hall–Kier alpha value is -0.0800. The minimum Gasteiger partial charge on any atom is -0.380 e. The number of piperidine rings is 1. The monoisotopic (exact) mass is 239 g/mol. The molecule has 0 aromatic rings. The first-order valence-electron chi connectivity index (χ1n) is 7.61. The number of nitrogens with zero attached hydrogens (tertiary/aromatic N) is 1. The van der Waals surface area contributed by atoms with E-state index in [1.54, 1.807) is 0 Å². The zero-order valence-corrected chi connectivity index (χ0v) is 11.7. The van der Waals surface area contributed by atoms with Crippen molar-refractivity contribution in [2.75, 3.05) is 26.3 Å². The van der Waals surface area contributed by atoms with Crippen molar-refractivity contribution >= 4 is 0 Å². The molecule has 0 bridgehead atoms. The zero-order valence-electron chi connectivity index (χ0n) is 11.7. The summed E-state index contributed by atoms with van der Waals surface area (Å²) in [5, 5.41) is 0. The number of hydrogen-bond donors (Lipinski definition) is 0. The lowest BCUT2D eigenvalue weighted by Crippen LogP contribution is -2.56. The lowest BCUT2D eigenvalue weighted by molar-refractivity contribution is -0.149. The Labute approximate surface area is 107 Å². The van der Waals surface area contributed by atoms with E-state index in [9.17, 15) is 0 Å². The topological polar surface area (TPSA) is 12.5 Å². The van der Waals surface area contributed by atoms with Crippen LogP contribution < -0.4 is 0 Å². The van der Waals surface area contributed by atoms with Gasteiger partial charge in [0.25, 0.3) is 0 Å². The maximum Gasteiger partial charge on any atom is 0.0557 e. The molecule has 0 saturated carbocycles. The fourth-order valence-corrected chi connectivity index (χ4v) is 3.47. The summed E-state index contributed by atoms with van der Waals surface area (Å²) in [6.07, 6.45) is 9.63. The van der Waals surface area contributed by atoms with Gasteiger partial charge in [-0.2, -0.15) is 0 Å². The van der Waals surface area contributed by atoms with Crippen LogP contribution in [0.1, 0.15) is 58.8 Å². The summed E-state index contributed by atoms with van der Waals surface area (Å²) >= 11 is 0. The van der Waals surface area contributed by atoms with Gasteiger partial charge in [0.15, 0.2) is 0 Å². The van der Waals surface area contributed by atoms with Crippen molar-refractivity contribution in [1.29, 1.82) is 0 Å². The Morgan fingerprint density at radius 1 is 1.18 bits per heavy atom. The van der Waals surface area contributed by atoms with Gasteiger partial charge >= 0.3 is 0 Å². The van der Waals surface area contributed by atoms with Crippen LogP contribution in [0.3, 0.4) is 0 Å². The molecule has 1 spiro atoms. The molecule has 1 atom stereocenters. The molecule has 0 aliphatic carbocycles. The second-order valence-corrected chi connectivity index (χ2v) is 6.15. The van der Waals surface area contributed by atoms with E-state index in [-0.39, 0.29) is 0 Å². The van der Waals surface area contributed by atoms with Crippen LogP contribution in [0.2, 0.25) is 0 Å². The van der Waals surface area contributed by atoms with Gasteiger partial charge in [0.05, 0.1) is 13.2 Å². The van der Waals surface area contributed by atoms with Gasteiger partial charge in [-0.05, 0) is 32.2 Å². The molecule has 2 aliphatic rings. The maximum atomic E-state index is 5.46. The van der Waals surface area contributed by atoms with Gasteiger partial charge in [0.1, 0.15) is 0 Å². The van der Waals surface area contributed by atoms with Gasteiger partial charge in [0.2, 0.25) is 0 Å². The number of unbranched alkanes of at least 4 members (excludes halogenated alkanes) is 1. The molecule has 2 aliphatic heterocycles. The van der Waals surface area contributed by atoms with Crippen molar-refractivity contribution in [3.63, 3.8) is 0 Å². The zero-order chi connectivity index (χ0) is 12.1. The summed E-state index contributed by atoms with van der Waals surface area (Å²) in [7, 11) is 0. The number of rotatable bonds is 6. The summed E-state index contributed by atoms with van der Waals surface area (Å²) in [4.78, 5) is 2.78. The van der Waals surface area contributed by atoms with Gasteiger partial charge in [-0.15, -0.1) is 0 Å². The Balaban J connectivity index is 1.87. The first-order chi connectivity index (χ1) is 8.29. The van der Waals surface area contributed by atoms with Crippen molar-refractivity contribution in [3.8, 4) is 0 Å². The molecule has 1 unspecified atom stereocenters. The second-order valence-electron chi connectivity index (χ2n) is 6.15. The Bertz CT molecular complexity index is 225. The highest BCUT2D eigenvalue weighted by Crippen LogP contribution is 2.38. The summed E-state index contributed by atoms with van der Waals surface area (Å²) < 4.78 is 5.46. The normalized spacial score (nSPS) is 25.8. The van der Waals surface area contributed by atoms with E-state index in [0.29, 0.717) is 5.41 Å². The van der Waals surface area contributed by atoms with Crippen molar-refractivity contribution < 1.29 is 4.74 Å². The van der Waals surface area contributed by atoms with E-state index in [4.69, 9.17) is 4.74 Å². The molecule has 2 heterocycles. The smallest absolute Gasteiger partial charge is 0.0557 e. The summed E-state index contributed by atoms with van der Waals surface area (Å²) in [6, 6.07) is 0.845. The molecule has 0 N–H and O–H groups in total. The third-order valence-electron chi connectivity index (χ3n) is 4.54. The van der Waals surface area contributed by atoms with Gasteiger partial charge in [-0.1, -0.05) is 33.1 Å². The predicted octanol–water partition coefficient (Wildman–Crippen LogP) is 3.46. The molecule has 0 amide bonds. The van der Waals surface area contributed by atoms with Crippen LogP contribution >= 0.6 is 0 Å². The average molecular weight is 239 g/mol. The maximum absolute atomic E-state index is 5.46. The molecule has 2 heteroatoms. The Kier molecular flexibility index (Phi) is 4.87. The van der Waals surface area contributed by atoms with Crippen LogP contribution in [0, 0.1) is 5.41 Å². The summed E-state index contributed by atoms with van der Waals surface area (Å²) in [5.74, 6) is 0. The third-order valence-corrected chi connectivity index (χ3v) is 4.54. The van der Waals surface area contributed by atoms with E-state index in [2.05, 4.69) is 18.7 Å². The van der Waals surface area contributed by atoms with Crippen LogP contribution in [0.4, 0.5) is 0 Å². The molecule has 0 aromatic heterocycles. The highest BCUT2D eigenvalue weighted by atomic mass is 16.5. The molecule has 0 radical (unpaired) electrons. The minimum atomic E-state index is 0.552.